The number of aromatic nitrogens is 2. The SMILES string of the molecule is Cc1ccc(-c2cc(C(=O)N/N=C\c3ccc(OCc4ccc(Br)cc4)cc3)nn2-c2ccccc2C)cc1. The van der Waals surface area contributed by atoms with E-state index in [-0.39, 0.29) is 11.6 Å². The Hall–Kier alpha value is -4.49. The second-order valence-corrected chi connectivity index (χ2v) is 10.1. The van der Waals surface area contributed by atoms with Crippen molar-refractivity contribution in [1.29, 1.82) is 0 Å². The van der Waals surface area contributed by atoms with Crippen molar-refractivity contribution in [3.8, 4) is 22.7 Å². The van der Waals surface area contributed by atoms with E-state index in [0.717, 1.165) is 49.4 Å². The highest BCUT2D eigenvalue weighted by atomic mass is 79.9. The summed E-state index contributed by atoms with van der Waals surface area (Å²) in [5.41, 5.74) is 9.74. The first-order chi connectivity index (χ1) is 19.0. The number of benzene rings is 4. The number of para-hydroxylation sites is 1. The van der Waals surface area contributed by atoms with Crippen LogP contribution >= 0.6 is 15.9 Å². The molecule has 194 valence electrons. The number of nitrogens with zero attached hydrogens (tertiary/aromatic N) is 3. The molecule has 0 radical (unpaired) electrons. The van der Waals surface area contributed by atoms with Crippen LogP contribution in [0.2, 0.25) is 0 Å². The summed E-state index contributed by atoms with van der Waals surface area (Å²) in [5, 5.41) is 8.78. The second kappa shape index (κ2) is 11.9. The van der Waals surface area contributed by atoms with Gasteiger partial charge < -0.3 is 4.74 Å². The molecule has 0 aliphatic carbocycles. The summed E-state index contributed by atoms with van der Waals surface area (Å²) in [6, 6.07) is 33.4. The summed E-state index contributed by atoms with van der Waals surface area (Å²) in [7, 11) is 0. The van der Waals surface area contributed by atoms with Gasteiger partial charge in [0.05, 0.1) is 17.6 Å². The molecule has 0 aliphatic heterocycles. The molecule has 1 heterocycles. The van der Waals surface area contributed by atoms with Crippen molar-refractivity contribution >= 4 is 28.1 Å². The standard InChI is InChI=1S/C32H27BrN4O2/c1-22-7-13-26(14-8-22)31-19-29(36-37(31)30-6-4-3-5-23(30)2)32(38)35-34-20-24-11-17-28(18-12-24)39-21-25-9-15-27(33)16-10-25/h3-20H,21H2,1-2H3,(H,35,38)/b34-20-. The number of carbonyl (C=O) groups is 1. The van der Waals surface area contributed by atoms with E-state index >= 15 is 0 Å². The maximum Gasteiger partial charge on any atom is 0.291 e. The topological polar surface area (TPSA) is 68.5 Å². The van der Waals surface area contributed by atoms with Gasteiger partial charge in [-0.05, 0) is 79.1 Å². The largest absolute Gasteiger partial charge is 0.489 e. The van der Waals surface area contributed by atoms with Crippen molar-refractivity contribution in [2.45, 2.75) is 20.5 Å². The first kappa shape index (κ1) is 26.1. The Morgan fingerprint density at radius 3 is 2.38 bits per heavy atom. The molecule has 39 heavy (non-hydrogen) atoms. The molecule has 0 unspecified atom stereocenters. The molecule has 1 N–H and O–H groups in total. The summed E-state index contributed by atoms with van der Waals surface area (Å²) >= 11 is 3.44. The minimum Gasteiger partial charge on any atom is -0.489 e. The van der Waals surface area contributed by atoms with Crippen LogP contribution in [-0.2, 0) is 6.61 Å². The molecule has 0 fully saturated rings. The zero-order valence-electron chi connectivity index (χ0n) is 21.6. The van der Waals surface area contributed by atoms with Gasteiger partial charge in [-0.3, -0.25) is 4.79 Å². The highest BCUT2D eigenvalue weighted by molar-refractivity contribution is 9.10. The van der Waals surface area contributed by atoms with Crippen molar-refractivity contribution in [3.63, 3.8) is 0 Å². The quantitative estimate of drug-likeness (QED) is 0.155. The number of halogens is 1. The third-order valence-electron chi connectivity index (χ3n) is 6.21. The Morgan fingerprint density at radius 2 is 1.67 bits per heavy atom. The smallest absolute Gasteiger partial charge is 0.291 e. The highest BCUT2D eigenvalue weighted by Gasteiger charge is 2.17. The van der Waals surface area contributed by atoms with Crippen LogP contribution in [0.1, 0.15) is 32.7 Å². The maximum atomic E-state index is 13.0. The summed E-state index contributed by atoms with van der Waals surface area (Å²) in [6.07, 6.45) is 1.59. The van der Waals surface area contributed by atoms with Crippen molar-refractivity contribution in [3.05, 3.63) is 136 Å². The summed E-state index contributed by atoms with van der Waals surface area (Å²) < 4.78 is 8.70. The number of hydrogen-bond donors (Lipinski definition) is 1. The molecule has 0 atom stereocenters. The molecule has 5 aromatic rings. The number of carbonyl (C=O) groups excluding carboxylic acids is 1. The lowest BCUT2D eigenvalue weighted by atomic mass is 10.1. The Balaban J connectivity index is 1.27. The molecule has 0 aliphatic rings. The first-order valence-electron chi connectivity index (χ1n) is 12.5. The van der Waals surface area contributed by atoms with Gasteiger partial charge in [-0.25, -0.2) is 10.1 Å². The van der Waals surface area contributed by atoms with Crippen LogP contribution in [0.25, 0.3) is 16.9 Å². The number of hydrogen-bond acceptors (Lipinski definition) is 4. The van der Waals surface area contributed by atoms with Crippen LogP contribution in [0.15, 0.2) is 113 Å². The Labute approximate surface area is 236 Å². The van der Waals surface area contributed by atoms with Gasteiger partial charge in [0.2, 0.25) is 0 Å². The average Bonchev–Trinajstić information content (AvgIpc) is 3.39. The highest BCUT2D eigenvalue weighted by Crippen LogP contribution is 2.26. The number of amides is 1. The Morgan fingerprint density at radius 1 is 0.949 bits per heavy atom. The van der Waals surface area contributed by atoms with Gasteiger partial charge in [0.1, 0.15) is 12.4 Å². The third-order valence-corrected chi connectivity index (χ3v) is 6.74. The molecule has 0 spiro atoms. The molecule has 4 aromatic carbocycles. The summed E-state index contributed by atoms with van der Waals surface area (Å²) in [5.74, 6) is 0.367. The number of ether oxygens (including phenoxy) is 1. The number of aryl methyl sites for hydroxylation is 2. The lowest BCUT2D eigenvalue weighted by Crippen LogP contribution is -2.18. The average molecular weight is 579 g/mol. The van der Waals surface area contributed by atoms with Crippen molar-refractivity contribution in [2.24, 2.45) is 5.10 Å². The van der Waals surface area contributed by atoms with Crippen molar-refractivity contribution in [1.82, 2.24) is 15.2 Å². The normalized spacial score (nSPS) is 11.1. The van der Waals surface area contributed by atoms with E-state index in [1.807, 2.05) is 116 Å². The predicted octanol–water partition coefficient (Wildman–Crippen LogP) is 7.26. The molecule has 7 heteroatoms. The molecular formula is C32H27BrN4O2. The van der Waals surface area contributed by atoms with Crippen LogP contribution in [-0.4, -0.2) is 21.9 Å². The monoisotopic (exact) mass is 578 g/mol. The van der Waals surface area contributed by atoms with E-state index in [9.17, 15) is 4.79 Å². The number of rotatable bonds is 8. The molecule has 6 nitrogen and oxygen atoms in total. The minimum atomic E-state index is -0.388. The van der Waals surface area contributed by atoms with Crippen molar-refractivity contribution in [2.75, 3.05) is 0 Å². The van der Waals surface area contributed by atoms with Crippen LogP contribution < -0.4 is 10.2 Å². The van der Waals surface area contributed by atoms with Gasteiger partial charge >= 0.3 is 0 Å². The molecule has 1 aromatic heterocycles. The van der Waals surface area contributed by atoms with E-state index in [4.69, 9.17) is 4.74 Å². The van der Waals surface area contributed by atoms with Crippen molar-refractivity contribution < 1.29 is 9.53 Å². The van der Waals surface area contributed by atoms with E-state index in [2.05, 4.69) is 31.6 Å². The Kier molecular flexibility index (Phi) is 7.99. The number of hydrazone groups is 1. The molecule has 0 saturated heterocycles. The van der Waals surface area contributed by atoms with Gasteiger partial charge in [0, 0.05) is 10.0 Å². The minimum absolute atomic E-state index is 0.280. The van der Waals surface area contributed by atoms with E-state index in [1.165, 1.54) is 0 Å². The van der Waals surface area contributed by atoms with E-state index in [1.54, 1.807) is 12.3 Å². The lowest BCUT2D eigenvalue weighted by molar-refractivity contribution is 0.0949. The van der Waals surface area contributed by atoms with Crippen LogP contribution in [0.5, 0.6) is 5.75 Å². The lowest BCUT2D eigenvalue weighted by Gasteiger charge is -2.10. The second-order valence-electron chi connectivity index (χ2n) is 9.16. The van der Waals surface area contributed by atoms with Gasteiger partial charge in [0.15, 0.2) is 5.69 Å². The summed E-state index contributed by atoms with van der Waals surface area (Å²) in [6.45, 7) is 4.55. The molecule has 1 amide bonds. The fourth-order valence-corrected chi connectivity index (χ4v) is 4.29. The van der Waals surface area contributed by atoms with Gasteiger partial charge in [0.25, 0.3) is 5.91 Å². The summed E-state index contributed by atoms with van der Waals surface area (Å²) in [4.78, 5) is 13.0. The van der Waals surface area contributed by atoms with Gasteiger partial charge in [-0.2, -0.15) is 10.2 Å². The molecule has 0 bridgehead atoms. The molecular weight excluding hydrogens is 552 g/mol. The Bertz CT molecular complexity index is 1610. The van der Waals surface area contributed by atoms with Gasteiger partial charge in [-0.1, -0.05) is 76.1 Å². The fourth-order valence-electron chi connectivity index (χ4n) is 4.03. The zero-order valence-corrected chi connectivity index (χ0v) is 23.2. The van der Waals surface area contributed by atoms with Crippen LogP contribution in [0, 0.1) is 13.8 Å². The number of nitrogens with one attached hydrogen (secondary N) is 1. The van der Waals surface area contributed by atoms with Gasteiger partial charge in [-0.15, -0.1) is 0 Å². The first-order valence-corrected chi connectivity index (χ1v) is 13.3. The zero-order chi connectivity index (χ0) is 27.2. The van der Waals surface area contributed by atoms with Crippen LogP contribution in [0.4, 0.5) is 0 Å². The predicted molar refractivity (Wildman–Crippen MR) is 158 cm³/mol. The van der Waals surface area contributed by atoms with Crippen LogP contribution in [0.3, 0.4) is 0 Å². The van der Waals surface area contributed by atoms with E-state index in [0.29, 0.717) is 6.61 Å². The maximum absolute atomic E-state index is 13.0. The molecule has 5 rings (SSSR count). The fraction of sp³-hybridized carbons (Fsp3) is 0.0938. The third kappa shape index (κ3) is 6.51. The molecule has 0 saturated carbocycles. The van der Waals surface area contributed by atoms with E-state index < -0.39 is 0 Å².